The number of aromatic nitrogens is 6. The molecule has 0 fully saturated rings. The van der Waals surface area contributed by atoms with E-state index in [1.54, 1.807) is 17.2 Å². The van der Waals surface area contributed by atoms with Gasteiger partial charge in [-0.3, -0.25) is 4.68 Å². The molecule has 0 radical (unpaired) electrons. The molecule has 0 amide bonds. The van der Waals surface area contributed by atoms with Crippen LogP contribution in [0.5, 0.6) is 0 Å². The fourth-order valence-corrected chi connectivity index (χ4v) is 2.02. The van der Waals surface area contributed by atoms with E-state index in [0.29, 0.717) is 6.54 Å². The SMILES string of the molecule is Cn1cnnc1-c1ccccc1NCc1cnnn1C. The zero-order chi connectivity index (χ0) is 13.9. The molecule has 0 aliphatic rings. The molecule has 0 aliphatic heterocycles. The number of para-hydroxylation sites is 1. The first kappa shape index (κ1) is 12.3. The molecule has 7 heteroatoms. The molecule has 0 bridgehead atoms. The molecule has 1 aromatic carbocycles. The largest absolute Gasteiger partial charge is 0.379 e. The molecule has 2 heterocycles. The number of aryl methyl sites for hydroxylation is 2. The van der Waals surface area contributed by atoms with Crippen LogP contribution in [0.1, 0.15) is 5.69 Å². The number of rotatable bonds is 4. The summed E-state index contributed by atoms with van der Waals surface area (Å²) in [6, 6.07) is 8.02. The van der Waals surface area contributed by atoms with Crippen molar-refractivity contribution in [2.75, 3.05) is 5.32 Å². The van der Waals surface area contributed by atoms with Gasteiger partial charge in [-0.2, -0.15) is 0 Å². The first-order valence-corrected chi connectivity index (χ1v) is 6.26. The van der Waals surface area contributed by atoms with Gasteiger partial charge in [-0.05, 0) is 12.1 Å². The topological polar surface area (TPSA) is 73.5 Å². The van der Waals surface area contributed by atoms with E-state index < -0.39 is 0 Å². The predicted octanol–water partition coefficient (Wildman–Crippen LogP) is 1.22. The van der Waals surface area contributed by atoms with Crippen molar-refractivity contribution in [2.45, 2.75) is 6.54 Å². The minimum absolute atomic E-state index is 0.651. The lowest BCUT2D eigenvalue weighted by atomic mass is 10.1. The monoisotopic (exact) mass is 269 g/mol. The third-order valence-corrected chi connectivity index (χ3v) is 3.15. The number of nitrogens with zero attached hydrogens (tertiary/aromatic N) is 6. The summed E-state index contributed by atoms with van der Waals surface area (Å²) in [7, 11) is 3.80. The number of anilines is 1. The molecule has 3 aromatic rings. The second-order valence-electron chi connectivity index (χ2n) is 4.51. The van der Waals surface area contributed by atoms with Crippen LogP contribution in [0.15, 0.2) is 36.8 Å². The summed E-state index contributed by atoms with van der Waals surface area (Å²) in [5, 5.41) is 19.2. The van der Waals surface area contributed by atoms with E-state index in [2.05, 4.69) is 25.8 Å². The summed E-state index contributed by atoms with van der Waals surface area (Å²) in [6.07, 6.45) is 3.44. The van der Waals surface area contributed by atoms with E-state index >= 15 is 0 Å². The Morgan fingerprint density at radius 1 is 1.15 bits per heavy atom. The highest BCUT2D eigenvalue weighted by Gasteiger charge is 2.10. The van der Waals surface area contributed by atoms with Crippen LogP contribution in [0.25, 0.3) is 11.4 Å². The van der Waals surface area contributed by atoms with E-state index in [9.17, 15) is 0 Å². The zero-order valence-corrected chi connectivity index (χ0v) is 11.4. The van der Waals surface area contributed by atoms with Crippen molar-refractivity contribution < 1.29 is 0 Å². The van der Waals surface area contributed by atoms with Crippen molar-refractivity contribution in [1.29, 1.82) is 0 Å². The Balaban J connectivity index is 1.87. The van der Waals surface area contributed by atoms with Crippen LogP contribution < -0.4 is 5.32 Å². The van der Waals surface area contributed by atoms with Crippen molar-refractivity contribution in [2.24, 2.45) is 14.1 Å². The molecule has 0 spiro atoms. The first-order valence-electron chi connectivity index (χ1n) is 6.26. The maximum atomic E-state index is 4.15. The third-order valence-electron chi connectivity index (χ3n) is 3.15. The lowest BCUT2D eigenvalue weighted by Crippen LogP contribution is -2.06. The average molecular weight is 269 g/mol. The number of hydrogen-bond acceptors (Lipinski definition) is 5. The van der Waals surface area contributed by atoms with Crippen LogP contribution in [0.4, 0.5) is 5.69 Å². The Bertz CT molecular complexity index is 713. The second kappa shape index (κ2) is 5.12. The smallest absolute Gasteiger partial charge is 0.165 e. The fraction of sp³-hybridized carbons (Fsp3) is 0.231. The van der Waals surface area contributed by atoms with Gasteiger partial charge in [0.1, 0.15) is 6.33 Å². The van der Waals surface area contributed by atoms with E-state index in [1.165, 1.54) is 0 Å². The van der Waals surface area contributed by atoms with Crippen LogP contribution in [-0.4, -0.2) is 29.8 Å². The van der Waals surface area contributed by atoms with Gasteiger partial charge in [0.25, 0.3) is 0 Å². The molecule has 3 rings (SSSR count). The first-order chi connectivity index (χ1) is 9.75. The predicted molar refractivity (Wildman–Crippen MR) is 74.8 cm³/mol. The normalized spacial score (nSPS) is 10.7. The summed E-state index contributed by atoms with van der Waals surface area (Å²) >= 11 is 0. The minimum Gasteiger partial charge on any atom is -0.379 e. The molecule has 0 aliphatic carbocycles. The zero-order valence-electron chi connectivity index (χ0n) is 11.4. The number of benzene rings is 1. The molecule has 0 atom stereocenters. The molecular weight excluding hydrogens is 254 g/mol. The standard InChI is InChI=1S/C13H15N7/c1-19-9-16-17-13(19)11-5-3-4-6-12(11)14-7-10-8-15-18-20(10)2/h3-6,8-9,14H,7H2,1-2H3. The van der Waals surface area contributed by atoms with Crippen LogP contribution in [-0.2, 0) is 20.6 Å². The highest BCUT2D eigenvalue weighted by atomic mass is 15.4. The van der Waals surface area contributed by atoms with E-state index in [1.807, 2.05) is 42.9 Å². The maximum Gasteiger partial charge on any atom is 0.165 e. The lowest BCUT2D eigenvalue weighted by Gasteiger charge is -2.11. The van der Waals surface area contributed by atoms with E-state index in [0.717, 1.165) is 22.8 Å². The lowest BCUT2D eigenvalue weighted by molar-refractivity contribution is 0.683. The van der Waals surface area contributed by atoms with E-state index in [4.69, 9.17) is 0 Å². The molecule has 0 saturated carbocycles. The van der Waals surface area contributed by atoms with Gasteiger partial charge in [-0.1, -0.05) is 17.3 Å². The van der Waals surface area contributed by atoms with Gasteiger partial charge in [-0.15, -0.1) is 15.3 Å². The highest BCUT2D eigenvalue weighted by molar-refractivity contribution is 5.73. The van der Waals surface area contributed by atoms with Crippen LogP contribution in [0.2, 0.25) is 0 Å². The Labute approximate surface area is 116 Å². The van der Waals surface area contributed by atoms with Gasteiger partial charge in [-0.25, -0.2) is 0 Å². The summed E-state index contributed by atoms with van der Waals surface area (Å²) < 4.78 is 3.64. The minimum atomic E-state index is 0.651. The quantitative estimate of drug-likeness (QED) is 0.771. The van der Waals surface area contributed by atoms with Crippen LogP contribution in [0, 0.1) is 0 Å². The molecule has 7 nitrogen and oxygen atoms in total. The summed E-state index contributed by atoms with van der Waals surface area (Å²) in [4.78, 5) is 0. The fourth-order valence-electron chi connectivity index (χ4n) is 2.02. The molecule has 0 saturated heterocycles. The molecule has 20 heavy (non-hydrogen) atoms. The van der Waals surface area contributed by atoms with Crippen molar-refractivity contribution in [3.63, 3.8) is 0 Å². The van der Waals surface area contributed by atoms with E-state index in [-0.39, 0.29) is 0 Å². The van der Waals surface area contributed by atoms with Gasteiger partial charge >= 0.3 is 0 Å². The second-order valence-corrected chi connectivity index (χ2v) is 4.51. The molecule has 0 unspecified atom stereocenters. The van der Waals surface area contributed by atoms with Gasteiger partial charge in [0.15, 0.2) is 5.82 Å². The maximum absolute atomic E-state index is 4.15. The van der Waals surface area contributed by atoms with Gasteiger partial charge in [0.2, 0.25) is 0 Å². The van der Waals surface area contributed by atoms with Crippen LogP contribution >= 0.6 is 0 Å². The van der Waals surface area contributed by atoms with Crippen LogP contribution in [0.3, 0.4) is 0 Å². The Kier molecular flexibility index (Phi) is 3.16. The molecule has 2 aromatic heterocycles. The molecular formula is C13H15N7. The molecule has 102 valence electrons. The van der Waals surface area contributed by atoms with Crippen molar-refractivity contribution >= 4 is 5.69 Å². The van der Waals surface area contributed by atoms with Crippen molar-refractivity contribution in [3.8, 4) is 11.4 Å². The summed E-state index contributed by atoms with van der Waals surface area (Å²) in [6.45, 7) is 0.651. The Morgan fingerprint density at radius 3 is 2.70 bits per heavy atom. The molecule has 1 N–H and O–H groups in total. The summed E-state index contributed by atoms with van der Waals surface area (Å²) in [5.41, 5.74) is 3.03. The Morgan fingerprint density at radius 2 is 2.00 bits per heavy atom. The number of nitrogens with one attached hydrogen (secondary N) is 1. The third kappa shape index (κ3) is 2.25. The van der Waals surface area contributed by atoms with Gasteiger partial charge < -0.3 is 9.88 Å². The Hall–Kier alpha value is -2.70. The van der Waals surface area contributed by atoms with Gasteiger partial charge in [0, 0.05) is 25.3 Å². The summed E-state index contributed by atoms with van der Waals surface area (Å²) in [5.74, 6) is 0.830. The number of hydrogen-bond donors (Lipinski definition) is 1. The van der Waals surface area contributed by atoms with Crippen molar-refractivity contribution in [1.82, 2.24) is 29.8 Å². The van der Waals surface area contributed by atoms with Crippen molar-refractivity contribution in [3.05, 3.63) is 42.5 Å². The highest BCUT2D eigenvalue weighted by Crippen LogP contribution is 2.25. The van der Waals surface area contributed by atoms with Gasteiger partial charge in [0.05, 0.1) is 18.4 Å². The average Bonchev–Trinajstić information content (AvgIpc) is 3.06.